The van der Waals surface area contributed by atoms with Crippen molar-refractivity contribution >= 4 is 0 Å². The van der Waals surface area contributed by atoms with Crippen LogP contribution in [0.5, 0.6) is 0 Å². The summed E-state index contributed by atoms with van der Waals surface area (Å²) in [5.41, 5.74) is 1.75. The molecule has 0 aromatic heterocycles. The van der Waals surface area contributed by atoms with Gasteiger partial charge < -0.3 is 4.74 Å². The van der Waals surface area contributed by atoms with Crippen molar-refractivity contribution in [1.29, 1.82) is 0 Å². The van der Waals surface area contributed by atoms with Crippen molar-refractivity contribution in [2.45, 2.75) is 44.6 Å². The van der Waals surface area contributed by atoms with E-state index in [-0.39, 0.29) is 0 Å². The Bertz CT molecular complexity index is 683. The van der Waals surface area contributed by atoms with E-state index in [1.165, 1.54) is 18.4 Å². The van der Waals surface area contributed by atoms with Gasteiger partial charge in [0.1, 0.15) is 0 Å². The third-order valence-electron chi connectivity index (χ3n) is 12.4. The third kappa shape index (κ3) is 0.553. The van der Waals surface area contributed by atoms with Crippen LogP contribution >= 0.6 is 0 Å². The highest BCUT2D eigenvalue weighted by Crippen LogP contribution is 3.01. The highest BCUT2D eigenvalue weighted by molar-refractivity contribution is 5.49. The van der Waals surface area contributed by atoms with Crippen LogP contribution in [0, 0.1) is 75.9 Å². The first-order chi connectivity index (χ1) is 10.8. The highest BCUT2D eigenvalue weighted by atomic mass is 16.5. The van der Waals surface area contributed by atoms with Gasteiger partial charge in [-0.25, -0.2) is 0 Å². The van der Waals surface area contributed by atoms with E-state index in [0.717, 1.165) is 53.3 Å². The summed E-state index contributed by atoms with van der Waals surface area (Å²) in [4.78, 5) is 0. The molecule has 1 aliphatic heterocycles. The molecule has 22 heavy (non-hydrogen) atoms. The van der Waals surface area contributed by atoms with Crippen LogP contribution in [0.25, 0.3) is 0 Å². The molecule has 8 aliphatic rings. The topological polar surface area (TPSA) is 9.23 Å². The summed E-state index contributed by atoms with van der Waals surface area (Å²) in [6.07, 6.45) is 7.89. The van der Waals surface area contributed by atoms with Gasteiger partial charge in [0.05, 0.1) is 12.2 Å². The normalized spacial score (nSPS) is 88.0. The molecule has 0 aromatic carbocycles. The van der Waals surface area contributed by atoms with Gasteiger partial charge in [-0.15, -0.1) is 0 Å². The van der Waals surface area contributed by atoms with Crippen molar-refractivity contribution in [3.05, 3.63) is 0 Å². The Morgan fingerprint density at radius 1 is 0.773 bits per heavy atom. The van der Waals surface area contributed by atoms with Gasteiger partial charge in [-0.1, -0.05) is 13.3 Å². The highest BCUT2D eigenvalue weighted by Gasteiger charge is 3.02. The molecular weight excluding hydrogens is 268 g/mol. The molecule has 1 heterocycles. The van der Waals surface area contributed by atoms with Crippen LogP contribution in [-0.2, 0) is 4.74 Å². The van der Waals surface area contributed by atoms with Crippen LogP contribution in [0.4, 0.5) is 0 Å². The Labute approximate surface area is 132 Å². The zero-order valence-corrected chi connectivity index (χ0v) is 13.5. The summed E-state index contributed by atoms with van der Waals surface area (Å²) in [6, 6.07) is 0. The molecule has 0 amide bonds. The zero-order valence-electron chi connectivity index (χ0n) is 13.5. The molecule has 0 radical (unpaired) electrons. The second kappa shape index (κ2) is 2.49. The summed E-state index contributed by atoms with van der Waals surface area (Å²) in [5.74, 6) is 12.4. The van der Waals surface area contributed by atoms with Gasteiger partial charge in [0.2, 0.25) is 0 Å². The minimum absolute atomic E-state index is 0.413. The monoisotopic (exact) mass is 294 g/mol. The molecule has 8 fully saturated rings. The largest absolute Gasteiger partial charge is 0.373 e. The predicted octanol–water partition coefficient (Wildman–Crippen LogP) is 3.59. The van der Waals surface area contributed by atoms with Gasteiger partial charge in [0.25, 0.3) is 0 Å². The van der Waals surface area contributed by atoms with Crippen molar-refractivity contribution in [2.24, 2.45) is 75.9 Å². The van der Waals surface area contributed by atoms with E-state index >= 15 is 0 Å². The van der Waals surface area contributed by atoms with Gasteiger partial charge in [-0.3, -0.25) is 0 Å². The van der Waals surface area contributed by atoms with Gasteiger partial charge in [0.15, 0.2) is 0 Å². The Kier molecular flexibility index (Phi) is 1.21. The van der Waals surface area contributed by atoms with Crippen molar-refractivity contribution in [2.75, 3.05) is 6.61 Å². The second-order valence-electron chi connectivity index (χ2n) is 11.3. The molecule has 2 spiro atoms. The number of hydrogen-bond acceptors (Lipinski definition) is 1. The standard InChI is InChI=1S/C21H26O/c1-19-15-8-3-2-4-9(8)16-13(15)14-17-10-5-6-11(12(10)18(14)19)21(19)20(16,17)7-22-21/h8-18H,2-7H2,1H3/t8-,9+,10-,11-,12-,13-,14+,15+,16-,17+,18+,19-,20+,21+/m1/s1. The van der Waals surface area contributed by atoms with Crippen molar-refractivity contribution in [3.63, 3.8) is 0 Å². The number of ether oxygens (including phenoxy) is 1. The smallest absolute Gasteiger partial charge is 0.0856 e. The van der Waals surface area contributed by atoms with Crippen LogP contribution in [-0.4, -0.2) is 12.2 Å². The molecule has 8 rings (SSSR count). The average Bonchev–Trinajstić information content (AvgIpc) is 3.18. The van der Waals surface area contributed by atoms with Crippen molar-refractivity contribution in [3.8, 4) is 0 Å². The molecule has 0 N–H and O–H groups in total. The maximum absolute atomic E-state index is 6.86. The SMILES string of the molecule is C[C@]12[C@@H]3[C@H]4[C@@H]5[C@@H]1[C@@H]1CCC[C@@H]1[C@H]5[C@]15CO[C@@]21[C@@H]1CC[C@H]([C@@H]31)[C@@H]45. The lowest BCUT2D eigenvalue weighted by Crippen LogP contribution is -2.79. The molecule has 0 unspecified atom stereocenters. The van der Waals surface area contributed by atoms with Crippen LogP contribution in [0.3, 0.4) is 0 Å². The van der Waals surface area contributed by atoms with Gasteiger partial charge in [0, 0.05) is 10.8 Å². The van der Waals surface area contributed by atoms with Crippen LogP contribution < -0.4 is 0 Å². The minimum atomic E-state index is 0.413. The van der Waals surface area contributed by atoms with E-state index < -0.39 is 0 Å². The van der Waals surface area contributed by atoms with Gasteiger partial charge in [-0.05, 0) is 90.8 Å². The molecule has 14 atom stereocenters. The summed E-state index contributed by atoms with van der Waals surface area (Å²) in [6.45, 7) is 3.99. The lowest BCUT2D eigenvalue weighted by atomic mass is 9.40. The van der Waals surface area contributed by atoms with E-state index in [9.17, 15) is 0 Å². The quantitative estimate of drug-likeness (QED) is 0.663. The van der Waals surface area contributed by atoms with E-state index in [2.05, 4.69) is 6.92 Å². The molecule has 116 valence electrons. The summed E-state index contributed by atoms with van der Waals surface area (Å²) in [7, 11) is 0. The first-order valence-electron chi connectivity index (χ1n) is 10.4. The molecular formula is C21H26O. The van der Waals surface area contributed by atoms with E-state index in [4.69, 9.17) is 4.74 Å². The molecule has 7 aliphatic carbocycles. The van der Waals surface area contributed by atoms with Gasteiger partial charge in [-0.2, -0.15) is 0 Å². The first-order valence-corrected chi connectivity index (χ1v) is 10.4. The zero-order chi connectivity index (χ0) is 13.8. The molecule has 0 aromatic rings. The van der Waals surface area contributed by atoms with Crippen LogP contribution in [0.15, 0.2) is 0 Å². The fourth-order valence-corrected chi connectivity index (χ4v) is 13.5. The Morgan fingerprint density at radius 2 is 1.55 bits per heavy atom. The average molecular weight is 294 g/mol. The molecule has 1 saturated heterocycles. The lowest BCUT2D eigenvalue weighted by molar-refractivity contribution is -0.387. The fraction of sp³-hybridized carbons (Fsp3) is 1.00. The van der Waals surface area contributed by atoms with Crippen molar-refractivity contribution < 1.29 is 4.74 Å². The van der Waals surface area contributed by atoms with Crippen LogP contribution in [0.2, 0.25) is 0 Å². The Balaban J connectivity index is 1.48. The summed E-state index contributed by atoms with van der Waals surface area (Å²) >= 11 is 0. The van der Waals surface area contributed by atoms with Crippen LogP contribution in [0.1, 0.15) is 39.0 Å². The Hall–Kier alpha value is -0.0400. The second-order valence-corrected chi connectivity index (χ2v) is 11.3. The number of hydrogen-bond donors (Lipinski definition) is 0. The summed E-state index contributed by atoms with van der Waals surface area (Å²) < 4.78 is 6.86. The third-order valence-corrected chi connectivity index (χ3v) is 12.4. The molecule has 0 bridgehead atoms. The van der Waals surface area contributed by atoms with E-state index in [1.807, 2.05) is 0 Å². The minimum Gasteiger partial charge on any atom is -0.373 e. The fourth-order valence-electron chi connectivity index (χ4n) is 13.5. The van der Waals surface area contributed by atoms with Gasteiger partial charge >= 0.3 is 0 Å². The molecule has 1 heteroatoms. The maximum atomic E-state index is 6.86. The first kappa shape index (κ1) is 10.7. The Morgan fingerprint density at radius 3 is 2.36 bits per heavy atom. The predicted molar refractivity (Wildman–Crippen MR) is 80.7 cm³/mol. The molecule has 7 saturated carbocycles. The number of fused-ring (bicyclic) bond motifs is 10. The lowest BCUT2D eigenvalue weighted by Gasteiger charge is -2.73. The van der Waals surface area contributed by atoms with Crippen molar-refractivity contribution in [1.82, 2.24) is 0 Å². The number of rotatable bonds is 0. The van der Waals surface area contributed by atoms with E-state index in [0.29, 0.717) is 16.4 Å². The van der Waals surface area contributed by atoms with E-state index in [1.54, 1.807) is 32.1 Å². The summed E-state index contributed by atoms with van der Waals surface area (Å²) in [5, 5.41) is 0. The molecule has 1 nitrogen and oxygen atoms in total. The maximum Gasteiger partial charge on any atom is 0.0856 e.